The predicted molar refractivity (Wildman–Crippen MR) is 167 cm³/mol. The maximum Gasteiger partial charge on any atom is 0.221 e. The summed E-state index contributed by atoms with van der Waals surface area (Å²) >= 11 is 1.45. The monoisotopic (exact) mass is 585 g/mol. The van der Waals surface area contributed by atoms with E-state index in [0.717, 1.165) is 62.0 Å². The molecule has 4 N–H and O–H groups in total. The molecular weight excluding hydrogens is 546 g/mol. The summed E-state index contributed by atoms with van der Waals surface area (Å²) in [6, 6.07) is 15.5. The standard InChI is InChI=1S/C31H39N9OS/c1-22(41)35-26-7-5-24(6-8-26)29-28(19-32)30(33)38-31(37-29)42-21-27-4-2-3-25(36-27)11-14-39-15-17-40(18-16-39)20-23-9-12-34-13-10-23/h2-8,23,34H,9-18,20-21H2,1H3,(H,35,41)(H2,33,37,38). The summed E-state index contributed by atoms with van der Waals surface area (Å²) in [6.07, 6.45) is 3.54. The first-order valence-corrected chi connectivity index (χ1v) is 15.6. The number of amides is 1. The van der Waals surface area contributed by atoms with Crippen molar-refractivity contribution in [3.8, 4) is 17.3 Å². The van der Waals surface area contributed by atoms with Crippen LogP contribution in [0, 0.1) is 17.2 Å². The number of piperazine rings is 1. The van der Waals surface area contributed by atoms with Crippen molar-refractivity contribution in [2.75, 3.05) is 63.4 Å². The van der Waals surface area contributed by atoms with Crippen LogP contribution in [0.3, 0.4) is 0 Å². The van der Waals surface area contributed by atoms with E-state index in [1.165, 1.54) is 51.2 Å². The minimum atomic E-state index is -0.149. The van der Waals surface area contributed by atoms with E-state index in [9.17, 15) is 10.1 Å². The van der Waals surface area contributed by atoms with Gasteiger partial charge in [-0.25, -0.2) is 9.97 Å². The molecule has 10 nitrogen and oxygen atoms in total. The van der Waals surface area contributed by atoms with Crippen LogP contribution in [-0.2, 0) is 17.0 Å². The zero-order valence-corrected chi connectivity index (χ0v) is 25.0. The van der Waals surface area contributed by atoms with Gasteiger partial charge in [0.1, 0.15) is 17.5 Å². The van der Waals surface area contributed by atoms with Gasteiger partial charge in [-0.05, 0) is 56.1 Å². The Kier molecular flexibility index (Phi) is 10.4. The highest BCUT2D eigenvalue weighted by Gasteiger charge is 2.21. The Morgan fingerprint density at radius 1 is 1.05 bits per heavy atom. The van der Waals surface area contributed by atoms with Gasteiger partial charge < -0.3 is 26.2 Å². The molecule has 3 aromatic rings. The first kappa shape index (κ1) is 29.9. The third-order valence-corrected chi connectivity index (χ3v) is 8.73. The molecule has 42 heavy (non-hydrogen) atoms. The minimum Gasteiger partial charge on any atom is -0.382 e. The number of benzene rings is 1. The van der Waals surface area contributed by atoms with Gasteiger partial charge in [-0.1, -0.05) is 30.0 Å². The molecule has 2 saturated heterocycles. The fourth-order valence-electron chi connectivity index (χ4n) is 5.54. The van der Waals surface area contributed by atoms with Crippen LogP contribution < -0.4 is 16.4 Å². The number of nitriles is 1. The van der Waals surface area contributed by atoms with E-state index in [4.69, 9.17) is 10.7 Å². The quantitative estimate of drug-likeness (QED) is 0.240. The number of hydrogen-bond donors (Lipinski definition) is 3. The van der Waals surface area contributed by atoms with E-state index < -0.39 is 0 Å². The molecule has 0 atom stereocenters. The molecule has 2 aliphatic heterocycles. The summed E-state index contributed by atoms with van der Waals surface area (Å²) in [5, 5.41) is 16.4. The Labute approximate surface area is 252 Å². The predicted octanol–water partition coefficient (Wildman–Crippen LogP) is 3.40. The molecule has 2 fully saturated rings. The molecule has 0 radical (unpaired) electrons. The van der Waals surface area contributed by atoms with E-state index in [0.29, 0.717) is 22.3 Å². The van der Waals surface area contributed by atoms with Crippen molar-refractivity contribution in [1.29, 1.82) is 5.26 Å². The third-order valence-electron chi connectivity index (χ3n) is 7.84. The summed E-state index contributed by atoms with van der Waals surface area (Å²) in [7, 11) is 0. The summed E-state index contributed by atoms with van der Waals surface area (Å²) < 4.78 is 0. The van der Waals surface area contributed by atoms with Gasteiger partial charge >= 0.3 is 0 Å². The molecule has 0 aliphatic carbocycles. The number of carbonyl (C=O) groups is 1. The van der Waals surface area contributed by atoms with Crippen molar-refractivity contribution in [2.45, 2.75) is 37.1 Å². The van der Waals surface area contributed by atoms with Crippen molar-refractivity contribution >= 4 is 29.2 Å². The molecule has 0 bridgehead atoms. The van der Waals surface area contributed by atoms with Gasteiger partial charge in [0.2, 0.25) is 5.91 Å². The molecule has 1 aromatic carbocycles. The van der Waals surface area contributed by atoms with Crippen LogP contribution in [-0.4, -0.2) is 83.0 Å². The number of nitrogens with two attached hydrogens (primary N) is 1. The summed E-state index contributed by atoms with van der Waals surface area (Å²) in [4.78, 5) is 30.5. The van der Waals surface area contributed by atoms with E-state index in [2.05, 4.69) is 48.6 Å². The van der Waals surface area contributed by atoms with E-state index in [-0.39, 0.29) is 17.3 Å². The van der Waals surface area contributed by atoms with Crippen LogP contribution >= 0.6 is 11.8 Å². The third kappa shape index (κ3) is 8.26. The lowest BCUT2D eigenvalue weighted by Crippen LogP contribution is -2.49. The Morgan fingerprint density at radius 3 is 2.48 bits per heavy atom. The maximum absolute atomic E-state index is 11.3. The molecule has 4 heterocycles. The zero-order valence-electron chi connectivity index (χ0n) is 24.2. The molecular formula is C31H39N9OS. The normalized spacial score (nSPS) is 16.7. The zero-order chi connectivity index (χ0) is 29.3. The Balaban J connectivity index is 1.15. The van der Waals surface area contributed by atoms with Gasteiger partial charge in [0.25, 0.3) is 0 Å². The Morgan fingerprint density at radius 2 is 1.76 bits per heavy atom. The van der Waals surface area contributed by atoms with Gasteiger partial charge in [0.05, 0.1) is 11.4 Å². The Hall–Kier alpha value is -3.56. The highest BCUT2D eigenvalue weighted by Crippen LogP contribution is 2.29. The number of hydrogen-bond acceptors (Lipinski definition) is 10. The van der Waals surface area contributed by atoms with Crippen molar-refractivity contribution in [3.63, 3.8) is 0 Å². The SMILES string of the molecule is CC(=O)Nc1ccc(-c2nc(SCc3cccc(CCN4CCN(CC5CCNCC5)CC4)n3)nc(N)c2C#N)cc1. The van der Waals surface area contributed by atoms with Crippen molar-refractivity contribution < 1.29 is 4.79 Å². The number of pyridine rings is 1. The fraction of sp³-hybridized carbons (Fsp3) is 0.452. The van der Waals surface area contributed by atoms with Crippen molar-refractivity contribution in [1.82, 2.24) is 30.1 Å². The van der Waals surface area contributed by atoms with E-state index in [1.54, 1.807) is 12.1 Å². The average Bonchev–Trinajstić information content (AvgIpc) is 3.00. The Bertz CT molecular complexity index is 1390. The maximum atomic E-state index is 11.3. The number of anilines is 2. The average molecular weight is 586 g/mol. The van der Waals surface area contributed by atoms with Crippen molar-refractivity contribution in [2.24, 2.45) is 5.92 Å². The topological polar surface area (TPSA) is 136 Å². The first-order valence-electron chi connectivity index (χ1n) is 14.7. The molecule has 1 amide bonds. The van der Waals surface area contributed by atoms with Crippen LogP contribution in [0.1, 0.15) is 36.7 Å². The first-order chi connectivity index (χ1) is 20.5. The van der Waals surface area contributed by atoms with E-state index >= 15 is 0 Å². The van der Waals surface area contributed by atoms with Gasteiger partial charge in [0, 0.05) is 75.3 Å². The number of nitrogens with one attached hydrogen (secondary N) is 2. The summed E-state index contributed by atoms with van der Waals surface area (Å²) in [5.41, 5.74) is 10.3. The largest absolute Gasteiger partial charge is 0.382 e. The van der Waals surface area contributed by atoms with Gasteiger partial charge in [-0.3, -0.25) is 9.78 Å². The van der Waals surface area contributed by atoms with Gasteiger partial charge in [-0.15, -0.1) is 0 Å². The lowest BCUT2D eigenvalue weighted by atomic mass is 9.97. The molecule has 0 saturated carbocycles. The molecule has 220 valence electrons. The summed E-state index contributed by atoms with van der Waals surface area (Å²) in [6.45, 7) is 10.6. The van der Waals surface area contributed by atoms with Crippen molar-refractivity contribution in [3.05, 3.63) is 59.4 Å². The van der Waals surface area contributed by atoms with Crippen LogP contribution in [0.4, 0.5) is 11.5 Å². The molecule has 11 heteroatoms. The van der Waals surface area contributed by atoms with Gasteiger partial charge in [0.15, 0.2) is 5.16 Å². The number of thioether (sulfide) groups is 1. The number of piperidine rings is 1. The molecule has 0 spiro atoms. The van der Waals surface area contributed by atoms with Crippen LogP contribution in [0.2, 0.25) is 0 Å². The summed E-state index contributed by atoms with van der Waals surface area (Å²) in [5.74, 6) is 1.44. The second-order valence-electron chi connectivity index (χ2n) is 11.0. The molecule has 5 rings (SSSR count). The van der Waals surface area contributed by atoms with Crippen LogP contribution in [0.15, 0.2) is 47.6 Å². The lowest BCUT2D eigenvalue weighted by molar-refractivity contribution is -0.114. The van der Waals surface area contributed by atoms with Gasteiger partial charge in [-0.2, -0.15) is 5.26 Å². The highest BCUT2D eigenvalue weighted by atomic mass is 32.2. The van der Waals surface area contributed by atoms with Crippen LogP contribution in [0.5, 0.6) is 0 Å². The molecule has 0 unspecified atom stereocenters. The number of rotatable bonds is 10. The molecule has 2 aromatic heterocycles. The lowest BCUT2D eigenvalue weighted by Gasteiger charge is -2.37. The smallest absolute Gasteiger partial charge is 0.221 e. The highest BCUT2D eigenvalue weighted by molar-refractivity contribution is 7.98. The molecule has 2 aliphatic rings. The second kappa shape index (κ2) is 14.6. The number of carbonyl (C=O) groups excluding carboxylic acids is 1. The van der Waals surface area contributed by atoms with E-state index in [1.807, 2.05) is 18.2 Å². The second-order valence-corrected chi connectivity index (χ2v) is 11.9. The minimum absolute atomic E-state index is 0.147. The number of aromatic nitrogens is 3. The fourth-order valence-corrected chi connectivity index (χ4v) is 6.30. The number of nitrogens with zero attached hydrogens (tertiary/aromatic N) is 6. The number of nitrogen functional groups attached to an aromatic ring is 1. The van der Waals surface area contributed by atoms with Crippen LogP contribution in [0.25, 0.3) is 11.3 Å².